The summed E-state index contributed by atoms with van der Waals surface area (Å²) in [7, 11) is 0. The largest absolute Gasteiger partial charge is 0.481 e. The van der Waals surface area contributed by atoms with Crippen molar-refractivity contribution >= 4 is 22.8 Å². The molecule has 0 saturated heterocycles. The fourth-order valence-electron chi connectivity index (χ4n) is 2.06. The predicted octanol–water partition coefficient (Wildman–Crippen LogP) is 2.36. The number of fused-ring (bicyclic) bond motifs is 1. The van der Waals surface area contributed by atoms with Gasteiger partial charge in [0, 0.05) is 11.5 Å². The van der Waals surface area contributed by atoms with Crippen molar-refractivity contribution in [2.75, 3.05) is 6.61 Å². The predicted molar refractivity (Wildman–Crippen MR) is 86.3 cm³/mol. The van der Waals surface area contributed by atoms with Crippen LogP contribution in [0.15, 0.2) is 24.3 Å². The second kappa shape index (κ2) is 6.24. The van der Waals surface area contributed by atoms with Crippen LogP contribution in [0.5, 0.6) is 5.75 Å². The maximum Gasteiger partial charge on any atom is 0.344 e. The summed E-state index contributed by atoms with van der Waals surface area (Å²) in [6.45, 7) is 6.99. The molecule has 0 atom stereocenters. The molecule has 0 aliphatic heterocycles. The Morgan fingerprint density at radius 1 is 1.22 bits per heavy atom. The van der Waals surface area contributed by atoms with E-state index in [4.69, 9.17) is 15.2 Å². The topological polar surface area (TPSA) is 91.5 Å². The van der Waals surface area contributed by atoms with Crippen molar-refractivity contribution < 1.29 is 19.1 Å². The van der Waals surface area contributed by atoms with E-state index in [9.17, 15) is 9.59 Å². The van der Waals surface area contributed by atoms with E-state index in [1.54, 1.807) is 20.8 Å². The van der Waals surface area contributed by atoms with E-state index < -0.39 is 17.5 Å². The molecule has 6 heteroatoms. The zero-order valence-electron chi connectivity index (χ0n) is 13.7. The third-order valence-electron chi connectivity index (χ3n) is 2.95. The first-order valence-corrected chi connectivity index (χ1v) is 7.21. The van der Waals surface area contributed by atoms with Gasteiger partial charge in [0.25, 0.3) is 5.91 Å². The normalized spacial score (nSPS) is 11.3. The van der Waals surface area contributed by atoms with E-state index in [1.807, 2.05) is 25.1 Å². The van der Waals surface area contributed by atoms with Crippen LogP contribution in [-0.2, 0) is 9.53 Å². The molecule has 2 N–H and O–H groups in total. The average Bonchev–Trinajstić information content (AvgIpc) is 2.42. The van der Waals surface area contributed by atoms with E-state index in [-0.39, 0.29) is 12.3 Å². The molecule has 6 nitrogen and oxygen atoms in total. The molecular formula is C17H20N2O4. The highest BCUT2D eigenvalue weighted by molar-refractivity contribution is 5.96. The Hall–Kier alpha value is -2.63. The lowest BCUT2D eigenvalue weighted by Crippen LogP contribution is -2.27. The van der Waals surface area contributed by atoms with Gasteiger partial charge in [-0.3, -0.25) is 4.79 Å². The van der Waals surface area contributed by atoms with Crippen LogP contribution in [0.25, 0.3) is 10.9 Å². The number of esters is 1. The Kier molecular flexibility index (Phi) is 4.54. The first kappa shape index (κ1) is 16.7. The molecule has 122 valence electrons. The smallest absolute Gasteiger partial charge is 0.344 e. The van der Waals surface area contributed by atoms with Gasteiger partial charge in [-0.1, -0.05) is 6.07 Å². The molecule has 1 heterocycles. The van der Waals surface area contributed by atoms with E-state index in [1.165, 1.54) is 6.07 Å². The fraction of sp³-hybridized carbons (Fsp3) is 0.353. The molecule has 23 heavy (non-hydrogen) atoms. The van der Waals surface area contributed by atoms with Crippen LogP contribution in [0.4, 0.5) is 0 Å². The lowest BCUT2D eigenvalue weighted by Gasteiger charge is -2.19. The number of amides is 1. The zero-order chi connectivity index (χ0) is 17.2. The number of carbonyl (C=O) groups excluding carboxylic acids is 2. The standard InChI is InChI=1S/C17H20N2O4/c1-10-5-6-11-12(7-10)19-13(16(18)21)8-14(11)22-9-15(20)23-17(2,3)4/h5-8H,9H2,1-4H3,(H2,18,21). The summed E-state index contributed by atoms with van der Waals surface area (Å²) in [5.74, 6) is -0.777. The highest BCUT2D eigenvalue weighted by Crippen LogP contribution is 2.26. The van der Waals surface area contributed by atoms with Gasteiger partial charge < -0.3 is 15.2 Å². The van der Waals surface area contributed by atoms with Crippen LogP contribution in [0.2, 0.25) is 0 Å². The van der Waals surface area contributed by atoms with Crippen LogP contribution in [-0.4, -0.2) is 29.1 Å². The molecule has 1 amide bonds. The minimum Gasteiger partial charge on any atom is -0.481 e. The number of primary amides is 1. The number of hydrogen-bond donors (Lipinski definition) is 1. The average molecular weight is 316 g/mol. The molecule has 0 aliphatic carbocycles. The lowest BCUT2D eigenvalue weighted by molar-refractivity contribution is -0.157. The monoisotopic (exact) mass is 316 g/mol. The van der Waals surface area contributed by atoms with Crippen molar-refractivity contribution in [3.05, 3.63) is 35.5 Å². The molecule has 0 spiro atoms. The molecule has 0 radical (unpaired) electrons. The second-order valence-electron chi connectivity index (χ2n) is 6.27. The Morgan fingerprint density at radius 2 is 1.91 bits per heavy atom. The number of nitrogens with zero attached hydrogens (tertiary/aromatic N) is 1. The van der Waals surface area contributed by atoms with Crippen LogP contribution < -0.4 is 10.5 Å². The van der Waals surface area contributed by atoms with Crippen molar-refractivity contribution in [1.29, 1.82) is 0 Å². The van der Waals surface area contributed by atoms with Crippen molar-refractivity contribution in [1.82, 2.24) is 4.98 Å². The number of aryl methyl sites for hydroxylation is 1. The van der Waals surface area contributed by atoms with Crippen LogP contribution >= 0.6 is 0 Å². The second-order valence-corrected chi connectivity index (χ2v) is 6.27. The number of benzene rings is 1. The first-order chi connectivity index (χ1) is 10.7. The first-order valence-electron chi connectivity index (χ1n) is 7.21. The van der Waals surface area contributed by atoms with Gasteiger partial charge in [-0.2, -0.15) is 0 Å². The molecule has 1 aromatic heterocycles. The maximum atomic E-state index is 11.8. The molecule has 0 fully saturated rings. The third kappa shape index (κ3) is 4.42. The summed E-state index contributed by atoms with van der Waals surface area (Å²) >= 11 is 0. The van der Waals surface area contributed by atoms with E-state index in [2.05, 4.69) is 4.98 Å². The Bertz CT molecular complexity index is 763. The van der Waals surface area contributed by atoms with Crippen LogP contribution in [0.3, 0.4) is 0 Å². The van der Waals surface area contributed by atoms with Crippen molar-refractivity contribution in [2.24, 2.45) is 5.73 Å². The van der Waals surface area contributed by atoms with Gasteiger partial charge in [0.05, 0.1) is 5.52 Å². The van der Waals surface area contributed by atoms with Crippen molar-refractivity contribution in [3.63, 3.8) is 0 Å². The summed E-state index contributed by atoms with van der Waals surface area (Å²) in [6, 6.07) is 6.98. The SMILES string of the molecule is Cc1ccc2c(OCC(=O)OC(C)(C)C)cc(C(N)=O)nc2c1. The number of aromatic nitrogens is 1. The Balaban J connectivity index is 2.31. The number of nitrogens with two attached hydrogens (primary N) is 1. The van der Waals surface area contributed by atoms with E-state index >= 15 is 0 Å². The van der Waals surface area contributed by atoms with E-state index in [0.29, 0.717) is 16.7 Å². The molecule has 0 aliphatic rings. The minimum absolute atomic E-state index is 0.0855. The van der Waals surface area contributed by atoms with Gasteiger partial charge in [-0.05, 0) is 45.4 Å². The molecule has 0 bridgehead atoms. The fourth-order valence-corrected chi connectivity index (χ4v) is 2.06. The number of pyridine rings is 1. The number of ether oxygens (including phenoxy) is 2. The molecule has 0 unspecified atom stereocenters. The summed E-state index contributed by atoms with van der Waals surface area (Å²) in [5.41, 5.74) is 6.37. The van der Waals surface area contributed by atoms with Gasteiger partial charge in [0.15, 0.2) is 6.61 Å². The van der Waals surface area contributed by atoms with Gasteiger partial charge in [0.1, 0.15) is 17.0 Å². The summed E-state index contributed by atoms with van der Waals surface area (Å²) < 4.78 is 10.7. The summed E-state index contributed by atoms with van der Waals surface area (Å²) in [4.78, 5) is 27.4. The summed E-state index contributed by atoms with van der Waals surface area (Å²) in [5, 5.41) is 0.698. The minimum atomic E-state index is -0.657. The van der Waals surface area contributed by atoms with Gasteiger partial charge in [-0.15, -0.1) is 0 Å². The van der Waals surface area contributed by atoms with Gasteiger partial charge in [0.2, 0.25) is 0 Å². The molecule has 1 aromatic carbocycles. The van der Waals surface area contributed by atoms with E-state index in [0.717, 1.165) is 5.56 Å². The zero-order valence-corrected chi connectivity index (χ0v) is 13.7. The molecular weight excluding hydrogens is 296 g/mol. The van der Waals surface area contributed by atoms with Crippen molar-refractivity contribution in [2.45, 2.75) is 33.3 Å². The van der Waals surface area contributed by atoms with Crippen LogP contribution in [0, 0.1) is 6.92 Å². The number of carbonyl (C=O) groups is 2. The highest BCUT2D eigenvalue weighted by atomic mass is 16.6. The molecule has 2 aromatic rings. The van der Waals surface area contributed by atoms with Crippen molar-refractivity contribution in [3.8, 4) is 5.75 Å². The van der Waals surface area contributed by atoms with Crippen LogP contribution in [0.1, 0.15) is 36.8 Å². The quantitative estimate of drug-likeness (QED) is 0.874. The number of hydrogen-bond acceptors (Lipinski definition) is 5. The lowest BCUT2D eigenvalue weighted by atomic mass is 10.1. The highest BCUT2D eigenvalue weighted by Gasteiger charge is 2.18. The Labute approximate surface area is 134 Å². The third-order valence-corrected chi connectivity index (χ3v) is 2.95. The number of rotatable bonds is 4. The van der Waals surface area contributed by atoms with Gasteiger partial charge >= 0.3 is 5.97 Å². The van der Waals surface area contributed by atoms with Gasteiger partial charge in [-0.25, -0.2) is 9.78 Å². The Morgan fingerprint density at radius 3 is 2.52 bits per heavy atom. The molecule has 0 saturated carbocycles. The molecule has 2 rings (SSSR count). The maximum absolute atomic E-state index is 11.8. The summed E-state index contributed by atoms with van der Waals surface area (Å²) in [6.07, 6.45) is 0.